The molecule has 3 aliphatic heterocycles. The summed E-state index contributed by atoms with van der Waals surface area (Å²) in [6, 6.07) is 5.69. The largest absolute Gasteiger partial charge is 0.469 e. The van der Waals surface area contributed by atoms with E-state index in [1.807, 2.05) is 12.1 Å². The average Bonchev–Trinajstić information content (AvgIpc) is 3.15. The summed E-state index contributed by atoms with van der Waals surface area (Å²) in [4.78, 5) is 26.2. The Kier molecular flexibility index (Phi) is 2.75. The highest BCUT2D eigenvalue weighted by Gasteiger charge is 2.67. The molecule has 1 aromatic carbocycles. The smallest absolute Gasteiger partial charge is 0.315 e. The molecule has 116 valence electrons. The van der Waals surface area contributed by atoms with Crippen molar-refractivity contribution in [1.82, 2.24) is 0 Å². The Labute approximate surface area is 128 Å². The van der Waals surface area contributed by atoms with Crippen molar-refractivity contribution in [3.05, 3.63) is 23.8 Å². The van der Waals surface area contributed by atoms with E-state index in [-0.39, 0.29) is 23.8 Å². The van der Waals surface area contributed by atoms with Gasteiger partial charge in [-0.25, -0.2) is 0 Å². The molecule has 3 heterocycles. The Morgan fingerprint density at radius 2 is 2.32 bits per heavy atom. The summed E-state index contributed by atoms with van der Waals surface area (Å²) in [6.07, 6.45) is 2.49. The van der Waals surface area contributed by atoms with Gasteiger partial charge >= 0.3 is 5.97 Å². The van der Waals surface area contributed by atoms with Gasteiger partial charge in [0.25, 0.3) is 5.91 Å². The zero-order valence-electron chi connectivity index (χ0n) is 12.5. The number of quaternary nitrogens is 1. The SMILES string of the molecule is COC(=O)[C@@H]1C[C@]2(C(=O)Nc3ccc(N)cc32)[NH+]2CCC[C@H]12. The van der Waals surface area contributed by atoms with E-state index in [0.29, 0.717) is 12.1 Å². The third-order valence-corrected chi connectivity index (χ3v) is 5.61. The number of benzene rings is 1. The van der Waals surface area contributed by atoms with Crippen LogP contribution in [0.2, 0.25) is 0 Å². The second-order valence-corrected chi connectivity index (χ2v) is 6.52. The van der Waals surface area contributed by atoms with Crippen LogP contribution in [-0.4, -0.2) is 31.6 Å². The molecular weight excluding hydrogens is 282 g/mol. The Bertz CT molecular complexity index is 675. The molecule has 4 N–H and O–H groups in total. The first-order chi connectivity index (χ1) is 10.6. The number of hydrogen-bond acceptors (Lipinski definition) is 4. The summed E-state index contributed by atoms with van der Waals surface area (Å²) in [7, 11) is 1.42. The van der Waals surface area contributed by atoms with Crippen LogP contribution < -0.4 is 16.0 Å². The van der Waals surface area contributed by atoms with Crippen molar-refractivity contribution in [2.75, 3.05) is 24.7 Å². The van der Waals surface area contributed by atoms with Gasteiger partial charge in [0.15, 0.2) is 0 Å². The van der Waals surface area contributed by atoms with Crippen molar-refractivity contribution < 1.29 is 19.2 Å². The van der Waals surface area contributed by atoms with Crippen molar-refractivity contribution in [3.63, 3.8) is 0 Å². The summed E-state index contributed by atoms with van der Waals surface area (Å²) >= 11 is 0. The number of anilines is 2. The fourth-order valence-corrected chi connectivity index (χ4v) is 4.74. The van der Waals surface area contributed by atoms with Crippen molar-refractivity contribution in [2.24, 2.45) is 5.92 Å². The minimum Gasteiger partial charge on any atom is -0.469 e. The number of hydrogen-bond donors (Lipinski definition) is 3. The number of carbonyl (C=O) groups excluding carboxylic acids is 2. The van der Waals surface area contributed by atoms with Gasteiger partial charge in [0.05, 0.1) is 19.3 Å². The van der Waals surface area contributed by atoms with Gasteiger partial charge < -0.3 is 20.7 Å². The maximum absolute atomic E-state index is 12.8. The number of methoxy groups -OCH3 is 1. The molecule has 22 heavy (non-hydrogen) atoms. The first kappa shape index (κ1) is 13.6. The van der Waals surface area contributed by atoms with Gasteiger partial charge in [-0.05, 0) is 18.2 Å². The number of carbonyl (C=O) groups is 2. The highest BCUT2D eigenvalue weighted by atomic mass is 16.5. The van der Waals surface area contributed by atoms with Gasteiger partial charge in [0, 0.05) is 30.5 Å². The molecule has 0 radical (unpaired) electrons. The quantitative estimate of drug-likeness (QED) is 0.489. The number of nitrogen functional groups attached to an aromatic ring is 1. The second-order valence-electron chi connectivity index (χ2n) is 6.52. The Hall–Kier alpha value is -2.08. The lowest BCUT2D eigenvalue weighted by Gasteiger charge is -2.29. The first-order valence-corrected chi connectivity index (χ1v) is 7.73. The van der Waals surface area contributed by atoms with Crippen LogP contribution in [0, 0.1) is 5.92 Å². The molecule has 1 aromatic rings. The molecule has 0 aliphatic carbocycles. The lowest BCUT2D eigenvalue weighted by atomic mass is 9.84. The maximum atomic E-state index is 12.8. The summed E-state index contributed by atoms with van der Waals surface area (Å²) in [5, 5.41) is 2.98. The van der Waals surface area contributed by atoms with Crippen molar-refractivity contribution in [1.29, 1.82) is 0 Å². The zero-order chi connectivity index (χ0) is 15.5. The van der Waals surface area contributed by atoms with E-state index in [0.717, 1.165) is 30.6 Å². The number of amides is 1. The molecule has 4 rings (SSSR count). The molecule has 2 fully saturated rings. The van der Waals surface area contributed by atoms with Gasteiger partial charge in [-0.1, -0.05) is 0 Å². The molecule has 0 aromatic heterocycles. The molecular formula is C16H20N3O3+. The van der Waals surface area contributed by atoms with Crippen LogP contribution >= 0.6 is 0 Å². The van der Waals surface area contributed by atoms with Crippen LogP contribution in [0.1, 0.15) is 24.8 Å². The van der Waals surface area contributed by atoms with Crippen LogP contribution in [0.25, 0.3) is 0 Å². The molecule has 0 bridgehead atoms. The summed E-state index contributed by atoms with van der Waals surface area (Å²) in [5.41, 5.74) is 7.66. The zero-order valence-corrected chi connectivity index (χ0v) is 12.5. The van der Waals surface area contributed by atoms with E-state index >= 15 is 0 Å². The lowest BCUT2D eigenvalue weighted by Crippen LogP contribution is -3.19. The van der Waals surface area contributed by atoms with Crippen molar-refractivity contribution in [3.8, 4) is 0 Å². The molecule has 4 atom stereocenters. The minimum absolute atomic E-state index is 0.0126. The van der Waals surface area contributed by atoms with Gasteiger partial charge in [-0.3, -0.25) is 9.59 Å². The van der Waals surface area contributed by atoms with Crippen LogP contribution in [0.3, 0.4) is 0 Å². The molecule has 1 spiro atoms. The molecule has 6 nitrogen and oxygen atoms in total. The summed E-state index contributed by atoms with van der Waals surface area (Å²) in [5.74, 6) is -0.437. The van der Waals surface area contributed by atoms with E-state index in [1.54, 1.807) is 6.07 Å². The predicted molar refractivity (Wildman–Crippen MR) is 80.1 cm³/mol. The highest BCUT2D eigenvalue weighted by molar-refractivity contribution is 6.05. The Morgan fingerprint density at radius 1 is 1.50 bits per heavy atom. The van der Waals surface area contributed by atoms with E-state index in [9.17, 15) is 9.59 Å². The lowest BCUT2D eigenvalue weighted by molar-refractivity contribution is -0.947. The normalized spacial score (nSPS) is 35.3. The molecule has 6 heteroatoms. The average molecular weight is 302 g/mol. The van der Waals surface area contributed by atoms with E-state index < -0.39 is 5.54 Å². The number of esters is 1. The number of ether oxygens (including phenoxy) is 1. The monoisotopic (exact) mass is 302 g/mol. The van der Waals surface area contributed by atoms with E-state index in [4.69, 9.17) is 10.5 Å². The van der Waals surface area contributed by atoms with Gasteiger partial charge in [-0.15, -0.1) is 0 Å². The Balaban J connectivity index is 1.86. The summed E-state index contributed by atoms with van der Waals surface area (Å²) < 4.78 is 4.98. The molecule has 3 aliphatic rings. The van der Waals surface area contributed by atoms with Gasteiger partial charge in [-0.2, -0.15) is 0 Å². The van der Waals surface area contributed by atoms with E-state index in [1.165, 1.54) is 12.0 Å². The third kappa shape index (κ3) is 1.53. The minimum atomic E-state index is -0.690. The standard InChI is InChI=1S/C16H19N3O3/c1-22-14(20)10-8-16(19-6-2-3-13(10)19)11-7-9(17)4-5-12(11)18-15(16)21/h4-5,7,10,13H,2-3,6,8,17H2,1H3,(H,18,21)/p+1/t10-,13-,16+/m1/s1. The predicted octanol–water partition coefficient (Wildman–Crippen LogP) is -0.344. The van der Waals surface area contributed by atoms with Crippen LogP contribution in [0.4, 0.5) is 11.4 Å². The van der Waals surface area contributed by atoms with Gasteiger partial charge in [0.1, 0.15) is 12.0 Å². The van der Waals surface area contributed by atoms with Crippen LogP contribution in [-0.2, 0) is 19.9 Å². The number of nitrogens with two attached hydrogens (primary N) is 1. The highest BCUT2D eigenvalue weighted by Crippen LogP contribution is 2.44. The molecule has 2 saturated heterocycles. The van der Waals surface area contributed by atoms with Crippen molar-refractivity contribution >= 4 is 23.3 Å². The van der Waals surface area contributed by atoms with Crippen molar-refractivity contribution in [2.45, 2.75) is 30.8 Å². The molecule has 1 amide bonds. The molecule has 1 unspecified atom stereocenters. The number of nitrogens with one attached hydrogen (secondary N) is 2. The van der Waals surface area contributed by atoms with E-state index in [2.05, 4.69) is 5.32 Å². The van der Waals surface area contributed by atoms with Crippen LogP contribution in [0.5, 0.6) is 0 Å². The van der Waals surface area contributed by atoms with Gasteiger partial charge in [0.2, 0.25) is 5.54 Å². The number of fused-ring (bicyclic) bond motifs is 4. The summed E-state index contributed by atoms with van der Waals surface area (Å²) in [6.45, 7) is 0.903. The fraction of sp³-hybridized carbons (Fsp3) is 0.500. The van der Waals surface area contributed by atoms with Crippen LogP contribution in [0.15, 0.2) is 18.2 Å². The third-order valence-electron chi connectivity index (χ3n) is 5.61. The fourth-order valence-electron chi connectivity index (χ4n) is 4.74. The maximum Gasteiger partial charge on any atom is 0.315 e. The second kappa shape index (κ2) is 4.46. The topological polar surface area (TPSA) is 85.9 Å². The number of rotatable bonds is 1. The first-order valence-electron chi connectivity index (χ1n) is 7.73. The Morgan fingerprint density at radius 3 is 3.09 bits per heavy atom. The molecule has 0 saturated carbocycles.